The predicted molar refractivity (Wildman–Crippen MR) is 68.8 cm³/mol. The molecular formula is C14H22N2O. The van der Waals surface area contributed by atoms with E-state index in [1.165, 1.54) is 19.4 Å². The van der Waals surface area contributed by atoms with Crippen molar-refractivity contribution < 1.29 is 4.74 Å². The maximum absolute atomic E-state index is 5.84. The van der Waals surface area contributed by atoms with Gasteiger partial charge in [-0.2, -0.15) is 0 Å². The number of pyridine rings is 1. The smallest absolute Gasteiger partial charge is 0.0966 e. The van der Waals surface area contributed by atoms with Gasteiger partial charge in [-0.25, -0.2) is 0 Å². The summed E-state index contributed by atoms with van der Waals surface area (Å²) in [5.74, 6) is 0.791. The molecule has 2 rings (SSSR count). The average molecular weight is 234 g/mol. The van der Waals surface area contributed by atoms with E-state index in [4.69, 9.17) is 4.74 Å². The molecule has 17 heavy (non-hydrogen) atoms. The zero-order valence-corrected chi connectivity index (χ0v) is 10.6. The third-order valence-electron chi connectivity index (χ3n) is 3.40. The van der Waals surface area contributed by atoms with Crippen molar-refractivity contribution in [2.45, 2.75) is 32.3 Å². The topological polar surface area (TPSA) is 34.1 Å². The summed E-state index contributed by atoms with van der Waals surface area (Å²) in [6.07, 6.45) is 5.73. The quantitative estimate of drug-likeness (QED) is 0.850. The van der Waals surface area contributed by atoms with Gasteiger partial charge >= 0.3 is 0 Å². The Bertz CT molecular complexity index is 309. The lowest BCUT2D eigenvalue weighted by Crippen LogP contribution is -2.30. The van der Waals surface area contributed by atoms with Crippen LogP contribution >= 0.6 is 0 Å². The zero-order valence-electron chi connectivity index (χ0n) is 10.6. The summed E-state index contributed by atoms with van der Waals surface area (Å²) < 4.78 is 5.84. The number of nitrogens with one attached hydrogen (secondary N) is 1. The number of nitrogens with zero attached hydrogens (tertiary/aromatic N) is 1. The van der Waals surface area contributed by atoms with Gasteiger partial charge in [-0.3, -0.25) is 4.98 Å². The first kappa shape index (κ1) is 12.5. The van der Waals surface area contributed by atoms with Crippen molar-refractivity contribution in [2.75, 3.05) is 19.7 Å². The second-order valence-electron chi connectivity index (χ2n) is 4.77. The number of hydrogen-bond donors (Lipinski definition) is 1. The summed E-state index contributed by atoms with van der Waals surface area (Å²) in [6, 6.07) is 5.96. The minimum absolute atomic E-state index is 0.104. The molecule has 0 aliphatic carbocycles. The minimum Gasteiger partial charge on any atom is -0.372 e. The van der Waals surface area contributed by atoms with Crippen molar-refractivity contribution in [3.05, 3.63) is 30.1 Å². The second kappa shape index (κ2) is 6.72. The van der Waals surface area contributed by atoms with E-state index in [-0.39, 0.29) is 6.10 Å². The molecule has 2 heterocycles. The monoisotopic (exact) mass is 234 g/mol. The van der Waals surface area contributed by atoms with Crippen molar-refractivity contribution in [2.24, 2.45) is 5.92 Å². The fourth-order valence-electron chi connectivity index (χ4n) is 2.28. The van der Waals surface area contributed by atoms with Gasteiger partial charge in [-0.05, 0) is 57.3 Å². The molecule has 1 fully saturated rings. The Kier molecular flexibility index (Phi) is 4.95. The molecule has 3 nitrogen and oxygen atoms in total. The van der Waals surface area contributed by atoms with Crippen LogP contribution < -0.4 is 5.32 Å². The van der Waals surface area contributed by atoms with Crippen LogP contribution in [0.15, 0.2) is 24.4 Å². The van der Waals surface area contributed by atoms with Gasteiger partial charge in [0.1, 0.15) is 0 Å². The highest BCUT2D eigenvalue weighted by Gasteiger charge is 2.13. The summed E-state index contributed by atoms with van der Waals surface area (Å²) in [5, 5.41) is 3.44. The average Bonchev–Trinajstić information content (AvgIpc) is 2.41. The molecule has 1 aromatic rings. The largest absolute Gasteiger partial charge is 0.372 e. The molecule has 0 spiro atoms. The van der Waals surface area contributed by atoms with Crippen molar-refractivity contribution in [1.29, 1.82) is 0 Å². The van der Waals surface area contributed by atoms with Crippen molar-refractivity contribution in [1.82, 2.24) is 10.3 Å². The van der Waals surface area contributed by atoms with Gasteiger partial charge in [0.25, 0.3) is 0 Å². The highest BCUT2D eigenvalue weighted by molar-refractivity contribution is 5.05. The van der Waals surface area contributed by atoms with E-state index in [1.807, 2.05) is 24.4 Å². The van der Waals surface area contributed by atoms with Crippen LogP contribution in [0.5, 0.6) is 0 Å². The van der Waals surface area contributed by atoms with E-state index in [1.54, 1.807) is 0 Å². The first-order chi connectivity index (χ1) is 8.36. The molecule has 1 saturated heterocycles. The van der Waals surface area contributed by atoms with Crippen LogP contribution in [0.4, 0.5) is 0 Å². The standard InChI is InChI=1S/C14H22N2O/c1-12(14-6-2-3-9-16-14)17-10-7-13-5-4-8-15-11-13/h2-3,6,9,12-13,15H,4-5,7-8,10-11H2,1H3/t12-,13+/m0/s1. The molecule has 1 N–H and O–H groups in total. The van der Waals surface area contributed by atoms with E-state index in [2.05, 4.69) is 17.2 Å². The van der Waals surface area contributed by atoms with Crippen LogP contribution in [0, 0.1) is 5.92 Å². The minimum atomic E-state index is 0.104. The number of piperidine rings is 1. The molecule has 0 unspecified atom stereocenters. The van der Waals surface area contributed by atoms with E-state index in [0.717, 1.165) is 31.2 Å². The molecule has 0 radical (unpaired) electrons. The summed E-state index contributed by atoms with van der Waals surface area (Å²) in [4.78, 5) is 4.31. The molecule has 0 amide bonds. The molecule has 1 aliphatic heterocycles. The van der Waals surface area contributed by atoms with Gasteiger partial charge in [0, 0.05) is 12.8 Å². The molecule has 0 aromatic carbocycles. The van der Waals surface area contributed by atoms with Crippen LogP contribution in [-0.4, -0.2) is 24.7 Å². The lowest BCUT2D eigenvalue weighted by Gasteiger charge is -2.23. The fraction of sp³-hybridized carbons (Fsp3) is 0.643. The number of rotatable bonds is 5. The molecule has 0 saturated carbocycles. The molecule has 1 aliphatic rings. The van der Waals surface area contributed by atoms with Crippen molar-refractivity contribution in [3.8, 4) is 0 Å². The van der Waals surface area contributed by atoms with Crippen LogP contribution in [-0.2, 0) is 4.74 Å². The van der Waals surface area contributed by atoms with Crippen molar-refractivity contribution in [3.63, 3.8) is 0 Å². The van der Waals surface area contributed by atoms with Gasteiger partial charge < -0.3 is 10.1 Å². The highest BCUT2D eigenvalue weighted by atomic mass is 16.5. The van der Waals surface area contributed by atoms with Crippen molar-refractivity contribution >= 4 is 0 Å². The Morgan fingerprint density at radius 3 is 3.18 bits per heavy atom. The Labute approximate surface area is 104 Å². The molecule has 3 heteroatoms. The third kappa shape index (κ3) is 4.10. The Hall–Kier alpha value is -0.930. The lowest BCUT2D eigenvalue weighted by atomic mass is 9.97. The molecule has 1 aromatic heterocycles. The number of aromatic nitrogens is 1. The van der Waals surface area contributed by atoms with Gasteiger partial charge in [-0.1, -0.05) is 6.07 Å². The molecule has 0 bridgehead atoms. The lowest BCUT2D eigenvalue weighted by molar-refractivity contribution is 0.0512. The maximum Gasteiger partial charge on any atom is 0.0966 e. The Balaban J connectivity index is 1.67. The molecular weight excluding hydrogens is 212 g/mol. The van der Waals surface area contributed by atoms with Gasteiger partial charge in [0.05, 0.1) is 11.8 Å². The van der Waals surface area contributed by atoms with E-state index < -0.39 is 0 Å². The van der Waals surface area contributed by atoms with Gasteiger partial charge in [0.2, 0.25) is 0 Å². The third-order valence-corrected chi connectivity index (χ3v) is 3.40. The highest BCUT2D eigenvalue weighted by Crippen LogP contribution is 2.17. The van der Waals surface area contributed by atoms with Gasteiger partial charge in [-0.15, -0.1) is 0 Å². The normalized spacial score (nSPS) is 22.3. The van der Waals surface area contributed by atoms with Crippen LogP contribution in [0.2, 0.25) is 0 Å². The Morgan fingerprint density at radius 1 is 1.53 bits per heavy atom. The molecule has 2 atom stereocenters. The summed E-state index contributed by atoms with van der Waals surface area (Å²) in [6.45, 7) is 5.24. The number of ether oxygens (including phenoxy) is 1. The zero-order chi connectivity index (χ0) is 11.9. The molecule has 94 valence electrons. The summed E-state index contributed by atoms with van der Waals surface area (Å²) in [7, 11) is 0. The first-order valence-corrected chi connectivity index (χ1v) is 6.59. The van der Waals surface area contributed by atoms with Crippen LogP contribution in [0.1, 0.15) is 38.0 Å². The van der Waals surface area contributed by atoms with Crippen LogP contribution in [0.25, 0.3) is 0 Å². The first-order valence-electron chi connectivity index (χ1n) is 6.59. The predicted octanol–water partition coefficient (Wildman–Crippen LogP) is 2.55. The van der Waals surface area contributed by atoms with Crippen LogP contribution in [0.3, 0.4) is 0 Å². The SMILES string of the molecule is C[C@H](OCC[C@H]1CCCNC1)c1ccccn1. The second-order valence-corrected chi connectivity index (χ2v) is 4.77. The van der Waals surface area contributed by atoms with E-state index in [0.29, 0.717) is 0 Å². The number of hydrogen-bond acceptors (Lipinski definition) is 3. The fourth-order valence-corrected chi connectivity index (χ4v) is 2.28. The van der Waals surface area contributed by atoms with E-state index >= 15 is 0 Å². The van der Waals surface area contributed by atoms with E-state index in [9.17, 15) is 0 Å². The maximum atomic E-state index is 5.84. The summed E-state index contributed by atoms with van der Waals surface area (Å²) in [5.41, 5.74) is 1.02. The Morgan fingerprint density at radius 2 is 2.47 bits per heavy atom. The summed E-state index contributed by atoms with van der Waals surface area (Å²) >= 11 is 0. The van der Waals surface area contributed by atoms with Gasteiger partial charge in [0.15, 0.2) is 0 Å².